The molecule has 1 aliphatic heterocycles. The molecule has 1 heteroatoms. The molecule has 14 heavy (non-hydrogen) atoms. The molecule has 2 fully saturated rings. The lowest BCUT2D eigenvalue weighted by Crippen LogP contribution is -2.39. The monoisotopic (exact) mass is 195 g/mol. The predicted octanol–water partition coefficient (Wildman–Crippen LogP) is 3.01. The summed E-state index contributed by atoms with van der Waals surface area (Å²) in [6, 6.07) is 0. The molecule has 1 heterocycles. The van der Waals surface area contributed by atoms with E-state index in [1.165, 1.54) is 38.8 Å². The molecule has 1 nitrogen and oxygen atoms in total. The summed E-state index contributed by atoms with van der Waals surface area (Å²) in [7, 11) is 2.26. The van der Waals surface area contributed by atoms with Crippen molar-refractivity contribution in [1.82, 2.24) is 4.90 Å². The summed E-state index contributed by atoms with van der Waals surface area (Å²) in [4.78, 5) is 2.48. The lowest BCUT2D eigenvalue weighted by Gasteiger charge is -2.45. The third kappa shape index (κ3) is 2.13. The van der Waals surface area contributed by atoms with Crippen molar-refractivity contribution in [2.45, 2.75) is 39.5 Å². The van der Waals surface area contributed by atoms with Crippen molar-refractivity contribution in [2.75, 3.05) is 20.1 Å². The molecule has 0 unspecified atom stereocenters. The molecule has 1 saturated heterocycles. The van der Waals surface area contributed by atoms with Gasteiger partial charge in [-0.15, -0.1) is 0 Å². The molecule has 1 saturated carbocycles. The van der Waals surface area contributed by atoms with Gasteiger partial charge in [0.15, 0.2) is 0 Å². The Morgan fingerprint density at radius 2 is 1.57 bits per heavy atom. The van der Waals surface area contributed by atoms with Gasteiger partial charge in [0.25, 0.3) is 0 Å². The lowest BCUT2D eigenvalue weighted by molar-refractivity contribution is 0.0541. The molecular weight excluding hydrogens is 170 g/mol. The van der Waals surface area contributed by atoms with Gasteiger partial charge >= 0.3 is 0 Å². The first kappa shape index (κ1) is 10.5. The van der Waals surface area contributed by atoms with Crippen molar-refractivity contribution >= 4 is 0 Å². The minimum Gasteiger partial charge on any atom is -0.306 e. The standard InChI is InChI=1S/C13H25N/c1-10(2)12-8-13(9-12)11-4-6-14(3)7-5-11/h10-13H,4-9H2,1-3H3. The highest BCUT2D eigenvalue weighted by Gasteiger charge is 2.36. The maximum atomic E-state index is 2.48. The second-order valence-corrected chi connectivity index (χ2v) is 5.88. The van der Waals surface area contributed by atoms with E-state index in [1.807, 2.05) is 0 Å². The minimum atomic E-state index is 0.928. The van der Waals surface area contributed by atoms with E-state index in [4.69, 9.17) is 0 Å². The number of piperidine rings is 1. The van der Waals surface area contributed by atoms with Crippen molar-refractivity contribution in [3.8, 4) is 0 Å². The molecule has 0 radical (unpaired) electrons. The van der Waals surface area contributed by atoms with Gasteiger partial charge in [-0.25, -0.2) is 0 Å². The number of rotatable bonds is 2. The van der Waals surface area contributed by atoms with Gasteiger partial charge in [0.1, 0.15) is 0 Å². The van der Waals surface area contributed by atoms with Crippen LogP contribution in [0.2, 0.25) is 0 Å². The Kier molecular flexibility index (Phi) is 3.16. The van der Waals surface area contributed by atoms with Gasteiger partial charge < -0.3 is 4.90 Å². The molecular formula is C13H25N. The fourth-order valence-corrected chi connectivity index (χ4v) is 3.14. The predicted molar refractivity (Wildman–Crippen MR) is 61.3 cm³/mol. The van der Waals surface area contributed by atoms with Gasteiger partial charge in [-0.05, 0) is 69.5 Å². The second-order valence-electron chi connectivity index (χ2n) is 5.88. The van der Waals surface area contributed by atoms with Gasteiger partial charge in [0.2, 0.25) is 0 Å². The normalized spacial score (nSPS) is 36.0. The van der Waals surface area contributed by atoms with Crippen LogP contribution < -0.4 is 0 Å². The molecule has 0 atom stereocenters. The maximum Gasteiger partial charge on any atom is -0.00190 e. The zero-order valence-electron chi connectivity index (χ0n) is 10.00. The van der Waals surface area contributed by atoms with Crippen molar-refractivity contribution in [2.24, 2.45) is 23.7 Å². The smallest absolute Gasteiger partial charge is 0.00190 e. The Hall–Kier alpha value is -0.0400. The van der Waals surface area contributed by atoms with Crippen LogP contribution in [0, 0.1) is 23.7 Å². The van der Waals surface area contributed by atoms with Gasteiger partial charge in [-0.2, -0.15) is 0 Å². The highest BCUT2D eigenvalue weighted by molar-refractivity contribution is 4.87. The average molecular weight is 195 g/mol. The molecule has 0 spiro atoms. The van der Waals surface area contributed by atoms with Crippen molar-refractivity contribution in [1.29, 1.82) is 0 Å². The summed E-state index contributed by atoms with van der Waals surface area (Å²) in [5, 5.41) is 0. The maximum absolute atomic E-state index is 2.48. The van der Waals surface area contributed by atoms with E-state index in [0.29, 0.717) is 0 Å². The van der Waals surface area contributed by atoms with E-state index >= 15 is 0 Å². The van der Waals surface area contributed by atoms with E-state index < -0.39 is 0 Å². The third-order valence-electron chi connectivity index (χ3n) is 4.58. The Morgan fingerprint density at radius 3 is 2.07 bits per heavy atom. The fraction of sp³-hybridized carbons (Fsp3) is 1.00. The molecule has 82 valence electrons. The number of hydrogen-bond donors (Lipinski definition) is 0. The first-order valence-electron chi connectivity index (χ1n) is 6.35. The first-order chi connectivity index (χ1) is 6.66. The van der Waals surface area contributed by atoms with Crippen LogP contribution in [0.5, 0.6) is 0 Å². The van der Waals surface area contributed by atoms with Gasteiger partial charge in [-0.1, -0.05) is 13.8 Å². The summed E-state index contributed by atoms with van der Waals surface area (Å²) in [6.07, 6.45) is 6.00. The molecule has 0 aromatic carbocycles. The first-order valence-corrected chi connectivity index (χ1v) is 6.35. The molecule has 0 N–H and O–H groups in total. The van der Waals surface area contributed by atoms with E-state index in [2.05, 4.69) is 25.8 Å². The van der Waals surface area contributed by atoms with Crippen LogP contribution in [0.25, 0.3) is 0 Å². The summed E-state index contributed by atoms with van der Waals surface area (Å²) >= 11 is 0. The van der Waals surface area contributed by atoms with E-state index in [0.717, 1.165) is 23.7 Å². The topological polar surface area (TPSA) is 3.24 Å². The van der Waals surface area contributed by atoms with E-state index in [9.17, 15) is 0 Å². The summed E-state index contributed by atoms with van der Waals surface area (Å²) < 4.78 is 0. The lowest BCUT2D eigenvalue weighted by atomic mass is 9.63. The van der Waals surface area contributed by atoms with Crippen molar-refractivity contribution < 1.29 is 0 Å². The molecule has 0 aromatic heterocycles. The Bertz CT molecular complexity index is 174. The highest BCUT2D eigenvalue weighted by atomic mass is 15.1. The Balaban J connectivity index is 1.72. The number of hydrogen-bond acceptors (Lipinski definition) is 1. The largest absolute Gasteiger partial charge is 0.306 e. The van der Waals surface area contributed by atoms with Crippen molar-refractivity contribution in [3.63, 3.8) is 0 Å². The summed E-state index contributed by atoms with van der Waals surface area (Å²) in [6.45, 7) is 7.45. The summed E-state index contributed by atoms with van der Waals surface area (Å²) in [5.41, 5.74) is 0. The quantitative estimate of drug-likeness (QED) is 0.654. The molecule has 0 bridgehead atoms. The molecule has 2 aliphatic rings. The average Bonchev–Trinajstić information content (AvgIpc) is 2.05. The van der Waals surface area contributed by atoms with Crippen LogP contribution in [-0.4, -0.2) is 25.0 Å². The zero-order chi connectivity index (χ0) is 10.1. The molecule has 2 rings (SSSR count). The van der Waals surface area contributed by atoms with Gasteiger partial charge in [-0.3, -0.25) is 0 Å². The van der Waals surface area contributed by atoms with Crippen LogP contribution >= 0.6 is 0 Å². The van der Waals surface area contributed by atoms with E-state index in [1.54, 1.807) is 0 Å². The third-order valence-corrected chi connectivity index (χ3v) is 4.58. The zero-order valence-corrected chi connectivity index (χ0v) is 10.00. The molecule has 0 aromatic rings. The number of likely N-dealkylation sites (tertiary alicyclic amines) is 1. The molecule has 1 aliphatic carbocycles. The Morgan fingerprint density at radius 1 is 1.00 bits per heavy atom. The van der Waals surface area contributed by atoms with Gasteiger partial charge in [0.05, 0.1) is 0 Å². The van der Waals surface area contributed by atoms with Crippen LogP contribution in [0.15, 0.2) is 0 Å². The van der Waals surface area contributed by atoms with Crippen molar-refractivity contribution in [3.05, 3.63) is 0 Å². The number of nitrogens with zero attached hydrogens (tertiary/aromatic N) is 1. The van der Waals surface area contributed by atoms with E-state index in [-0.39, 0.29) is 0 Å². The highest BCUT2D eigenvalue weighted by Crippen LogP contribution is 2.45. The minimum absolute atomic E-state index is 0.928. The summed E-state index contributed by atoms with van der Waals surface area (Å²) in [5.74, 6) is 4.15. The fourth-order valence-electron chi connectivity index (χ4n) is 3.14. The van der Waals surface area contributed by atoms with Gasteiger partial charge in [0, 0.05) is 0 Å². The van der Waals surface area contributed by atoms with Crippen LogP contribution in [-0.2, 0) is 0 Å². The van der Waals surface area contributed by atoms with Crippen LogP contribution in [0.1, 0.15) is 39.5 Å². The molecule has 0 amide bonds. The van der Waals surface area contributed by atoms with Crippen LogP contribution in [0.4, 0.5) is 0 Å². The van der Waals surface area contributed by atoms with Crippen LogP contribution in [0.3, 0.4) is 0 Å². The second kappa shape index (κ2) is 4.22. The SMILES string of the molecule is CC(C)C1CC(C2CCN(C)CC2)C1. The Labute approximate surface area is 88.9 Å².